The molecule has 7 aromatic carbocycles. The number of ether oxygens (including phenoxy) is 6. The van der Waals surface area contributed by atoms with Crippen molar-refractivity contribution in [2.24, 2.45) is 0 Å². The summed E-state index contributed by atoms with van der Waals surface area (Å²) in [5.74, 6) is -3.00. The minimum atomic E-state index is -0.500. The van der Waals surface area contributed by atoms with Gasteiger partial charge in [0, 0.05) is 0 Å². The van der Waals surface area contributed by atoms with Crippen molar-refractivity contribution in [3.05, 3.63) is 179 Å². The van der Waals surface area contributed by atoms with Crippen LogP contribution in [0.4, 0.5) is 0 Å². The van der Waals surface area contributed by atoms with E-state index in [1.54, 1.807) is 114 Å². The summed E-state index contributed by atoms with van der Waals surface area (Å²) in [7, 11) is 0. The van der Waals surface area contributed by atoms with Crippen molar-refractivity contribution in [3.63, 3.8) is 0 Å². The van der Waals surface area contributed by atoms with E-state index in [1.807, 2.05) is 72.8 Å². The Labute approximate surface area is 418 Å². The van der Waals surface area contributed by atoms with Crippen molar-refractivity contribution in [2.45, 2.75) is 41.5 Å². The van der Waals surface area contributed by atoms with Crippen LogP contribution in [0.1, 0.15) is 104 Å². The molecule has 12 heteroatoms. The number of hydrogen-bond donors (Lipinski definition) is 0. The van der Waals surface area contributed by atoms with Crippen LogP contribution < -0.4 is 0 Å². The number of rotatable bonds is 18. The fourth-order valence-corrected chi connectivity index (χ4v) is 8.41. The summed E-state index contributed by atoms with van der Waals surface area (Å²) in [6.45, 7) is 11.5. The second-order valence-electron chi connectivity index (χ2n) is 16.0. The third kappa shape index (κ3) is 11.2. The van der Waals surface area contributed by atoms with Crippen LogP contribution in [-0.4, -0.2) is 75.5 Å². The van der Waals surface area contributed by atoms with E-state index >= 15 is 0 Å². The molecule has 0 bridgehead atoms. The number of carbonyl (C=O) groups is 6. The molecule has 0 N–H and O–H groups in total. The molecule has 0 aliphatic rings. The molecule has 0 saturated heterocycles. The Hall–Kier alpha value is -8.64. The standard InChI is InChI=1S/C60H54O12/c1-7-67-55(61)43-25-13-37(14-26-43)49-50(38-15-27-44(28-16-38)56(62)68-8-2)52(40-19-31-46(32-20-40)58(64)70-10-4)54(42-23-35-48(36-24-42)60(66)72-12-6)53(41-21-33-47(34-22-41)59(65)71-11-5)51(49)39-17-29-45(30-18-39)57(63)69-9-3/h13-36H,7-12H2,1-6H3. The van der Waals surface area contributed by atoms with Gasteiger partial charge in [0.15, 0.2) is 0 Å². The van der Waals surface area contributed by atoms with Gasteiger partial charge in [-0.1, -0.05) is 72.8 Å². The van der Waals surface area contributed by atoms with Gasteiger partial charge in [0.05, 0.1) is 73.0 Å². The topological polar surface area (TPSA) is 158 Å². The van der Waals surface area contributed by atoms with Crippen molar-refractivity contribution < 1.29 is 57.2 Å². The van der Waals surface area contributed by atoms with Crippen LogP contribution in [0, 0.1) is 0 Å². The van der Waals surface area contributed by atoms with Gasteiger partial charge in [-0.15, -0.1) is 0 Å². The molecule has 72 heavy (non-hydrogen) atoms. The minimum absolute atomic E-state index is 0.178. The highest BCUT2D eigenvalue weighted by molar-refractivity contribution is 6.16. The summed E-state index contributed by atoms with van der Waals surface area (Å²) < 4.78 is 32.3. The van der Waals surface area contributed by atoms with Gasteiger partial charge in [0.2, 0.25) is 0 Å². The predicted octanol–water partition coefficient (Wildman–Crippen LogP) is 12.7. The third-order valence-electron chi connectivity index (χ3n) is 11.6. The predicted molar refractivity (Wildman–Crippen MR) is 275 cm³/mol. The van der Waals surface area contributed by atoms with E-state index in [9.17, 15) is 28.8 Å². The van der Waals surface area contributed by atoms with Crippen molar-refractivity contribution in [1.29, 1.82) is 0 Å². The Morgan fingerprint density at radius 3 is 0.431 bits per heavy atom. The average Bonchev–Trinajstić information content (AvgIpc) is 3.41. The summed E-state index contributed by atoms with van der Waals surface area (Å²) in [6, 6.07) is 42.4. The lowest BCUT2D eigenvalue weighted by Gasteiger charge is -2.29. The minimum Gasteiger partial charge on any atom is -0.462 e. The third-order valence-corrected chi connectivity index (χ3v) is 11.6. The van der Waals surface area contributed by atoms with E-state index < -0.39 is 35.8 Å². The van der Waals surface area contributed by atoms with Gasteiger partial charge < -0.3 is 28.4 Å². The Morgan fingerprint density at radius 1 is 0.222 bits per heavy atom. The normalized spacial score (nSPS) is 10.8. The monoisotopic (exact) mass is 966 g/mol. The molecule has 0 unspecified atom stereocenters. The molecule has 12 nitrogen and oxygen atoms in total. The lowest BCUT2D eigenvalue weighted by atomic mass is 9.74. The molecule has 0 radical (unpaired) electrons. The highest BCUT2D eigenvalue weighted by atomic mass is 16.5. The zero-order valence-electron chi connectivity index (χ0n) is 41.0. The number of carbonyl (C=O) groups excluding carboxylic acids is 6. The average molecular weight is 967 g/mol. The highest BCUT2D eigenvalue weighted by Gasteiger charge is 2.30. The molecule has 0 aliphatic carbocycles. The number of benzene rings is 7. The van der Waals surface area contributed by atoms with Crippen LogP contribution >= 0.6 is 0 Å². The number of hydrogen-bond acceptors (Lipinski definition) is 12. The van der Waals surface area contributed by atoms with Gasteiger partial charge in [0.25, 0.3) is 0 Å². The fraction of sp³-hybridized carbons (Fsp3) is 0.200. The van der Waals surface area contributed by atoms with E-state index in [-0.39, 0.29) is 39.6 Å². The van der Waals surface area contributed by atoms with Crippen molar-refractivity contribution in [1.82, 2.24) is 0 Å². The molecule has 366 valence electrons. The molecule has 0 amide bonds. The first kappa shape index (κ1) is 51.2. The smallest absolute Gasteiger partial charge is 0.338 e. The van der Waals surface area contributed by atoms with Crippen LogP contribution in [0.15, 0.2) is 146 Å². The maximum absolute atomic E-state index is 13.2. The summed E-state index contributed by atoms with van der Waals surface area (Å²) in [5.41, 5.74) is 9.91. The van der Waals surface area contributed by atoms with E-state index in [4.69, 9.17) is 28.4 Å². The van der Waals surface area contributed by atoms with E-state index in [0.29, 0.717) is 100 Å². The molecule has 0 aliphatic heterocycles. The van der Waals surface area contributed by atoms with Crippen LogP contribution in [-0.2, 0) is 28.4 Å². The van der Waals surface area contributed by atoms with Gasteiger partial charge in [-0.2, -0.15) is 0 Å². The van der Waals surface area contributed by atoms with E-state index in [1.165, 1.54) is 0 Å². The summed E-state index contributed by atoms with van der Waals surface area (Å²) in [4.78, 5) is 79.0. The first-order valence-electron chi connectivity index (χ1n) is 23.9. The van der Waals surface area contributed by atoms with Gasteiger partial charge >= 0.3 is 35.8 Å². The maximum Gasteiger partial charge on any atom is 0.338 e. The van der Waals surface area contributed by atoms with Crippen LogP contribution in [0.2, 0.25) is 0 Å². The largest absolute Gasteiger partial charge is 0.462 e. The lowest BCUT2D eigenvalue weighted by Crippen LogP contribution is -2.07. The second kappa shape index (κ2) is 23.8. The van der Waals surface area contributed by atoms with Gasteiger partial charge in [0.1, 0.15) is 0 Å². The van der Waals surface area contributed by atoms with Crippen LogP contribution in [0.25, 0.3) is 66.8 Å². The molecule has 0 aromatic heterocycles. The quantitative estimate of drug-likeness (QED) is 0.0593. The Bertz CT molecular complexity index is 2510. The SMILES string of the molecule is CCOC(=O)c1ccc(-c2c(-c3ccc(C(=O)OCC)cc3)c(-c3ccc(C(=O)OCC)cc3)c(-c3ccc(C(=O)OCC)cc3)c(-c3ccc(C(=O)OCC)cc3)c2-c2ccc(C(=O)OCC)cc2)cc1. The van der Waals surface area contributed by atoms with Crippen LogP contribution in [0.3, 0.4) is 0 Å². The Balaban J connectivity index is 1.74. The molecule has 0 fully saturated rings. The van der Waals surface area contributed by atoms with Crippen molar-refractivity contribution >= 4 is 35.8 Å². The zero-order valence-corrected chi connectivity index (χ0v) is 41.0. The Kier molecular flexibility index (Phi) is 16.9. The van der Waals surface area contributed by atoms with Gasteiger partial charge in [-0.3, -0.25) is 0 Å². The molecule has 7 aromatic rings. The van der Waals surface area contributed by atoms with E-state index in [0.717, 1.165) is 0 Å². The molecule has 0 spiro atoms. The first-order chi connectivity index (χ1) is 35.0. The molecule has 0 saturated carbocycles. The Morgan fingerprint density at radius 2 is 0.333 bits per heavy atom. The van der Waals surface area contributed by atoms with Crippen molar-refractivity contribution in [2.75, 3.05) is 39.6 Å². The van der Waals surface area contributed by atoms with Gasteiger partial charge in [-0.25, -0.2) is 28.8 Å². The van der Waals surface area contributed by atoms with E-state index in [2.05, 4.69) is 0 Å². The van der Waals surface area contributed by atoms with Crippen LogP contribution in [0.5, 0.6) is 0 Å². The first-order valence-corrected chi connectivity index (χ1v) is 23.9. The summed E-state index contributed by atoms with van der Waals surface area (Å²) >= 11 is 0. The van der Waals surface area contributed by atoms with Gasteiger partial charge in [-0.05, 0) is 181 Å². The molecular weight excluding hydrogens is 913 g/mol. The molecular formula is C60H54O12. The number of esters is 6. The fourth-order valence-electron chi connectivity index (χ4n) is 8.41. The summed E-state index contributed by atoms with van der Waals surface area (Å²) in [6.07, 6.45) is 0. The van der Waals surface area contributed by atoms with Crippen molar-refractivity contribution in [3.8, 4) is 66.8 Å². The summed E-state index contributed by atoms with van der Waals surface area (Å²) in [5, 5.41) is 0. The maximum atomic E-state index is 13.2. The second-order valence-corrected chi connectivity index (χ2v) is 16.0. The molecule has 0 atom stereocenters. The highest BCUT2D eigenvalue weighted by Crippen LogP contribution is 2.56. The molecule has 0 heterocycles. The lowest BCUT2D eigenvalue weighted by molar-refractivity contribution is 0.0517. The zero-order chi connectivity index (χ0) is 51.3. The molecule has 7 rings (SSSR count).